The summed E-state index contributed by atoms with van der Waals surface area (Å²) in [6, 6.07) is 15.5. The van der Waals surface area contributed by atoms with Gasteiger partial charge in [-0.2, -0.15) is 0 Å². The van der Waals surface area contributed by atoms with Crippen molar-refractivity contribution in [3.63, 3.8) is 0 Å². The Balaban J connectivity index is 1.68. The molecule has 0 N–H and O–H groups in total. The van der Waals surface area contributed by atoms with E-state index in [1.54, 1.807) is 0 Å². The van der Waals surface area contributed by atoms with E-state index in [1.807, 2.05) is 69.3 Å². The van der Waals surface area contributed by atoms with Crippen LogP contribution in [-0.4, -0.2) is 11.0 Å². The number of carbonyl (C=O) groups excluding carboxylic acids is 1. The van der Waals surface area contributed by atoms with Crippen molar-refractivity contribution in [2.75, 3.05) is 0 Å². The highest BCUT2D eigenvalue weighted by molar-refractivity contribution is 5.77. The number of nitrogens with zero attached hydrogens (tertiary/aromatic N) is 1. The van der Waals surface area contributed by atoms with Gasteiger partial charge in [-0.25, -0.2) is 4.98 Å². The first-order valence-electron chi connectivity index (χ1n) is 8.01. The third kappa shape index (κ3) is 3.65. The minimum Gasteiger partial charge on any atom is -0.460 e. The second kappa shape index (κ2) is 6.48. The predicted octanol–water partition coefficient (Wildman–Crippen LogP) is 4.45. The van der Waals surface area contributed by atoms with E-state index in [4.69, 9.17) is 9.15 Å². The zero-order chi connectivity index (χ0) is 17.2. The van der Waals surface area contributed by atoms with Crippen LogP contribution in [0.4, 0.5) is 0 Å². The fourth-order valence-electron chi connectivity index (χ4n) is 2.70. The number of aryl methyl sites for hydroxylation is 1. The Morgan fingerprint density at radius 2 is 1.88 bits per heavy atom. The maximum atomic E-state index is 12.5. The van der Waals surface area contributed by atoms with Crippen molar-refractivity contribution in [1.29, 1.82) is 0 Å². The molecule has 0 radical (unpaired) electrons. The number of ether oxygens (including phenoxy) is 1. The second-order valence-electron chi connectivity index (χ2n) is 6.66. The molecular formula is C20H21NO3. The van der Waals surface area contributed by atoms with Crippen LogP contribution in [-0.2, 0) is 22.6 Å². The van der Waals surface area contributed by atoms with E-state index >= 15 is 0 Å². The van der Waals surface area contributed by atoms with Crippen molar-refractivity contribution in [2.45, 2.75) is 33.8 Å². The van der Waals surface area contributed by atoms with Crippen LogP contribution in [0.1, 0.15) is 30.9 Å². The van der Waals surface area contributed by atoms with Gasteiger partial charge in [0.15, 0.2) is 11.5 Å². The zero-order valence-electron chi connectivity index (χ0n) is 14.2. The van der Waals surface area contributed by atoms with Gasteiger partial charge in [0, 0.05) is 6.92 Å². The van der Waals surface area contributed by atoms with Gasteiger partial charge >= 0.3 is 5.97 Å². The number of oxazole rings is 1. The predicted molar refractivity (Wildman–Crippen MR) is 92.5 cm³/mol. The zero-order valence-corrected chi connectivity index (χ0v) is 14.2. The van der Waals surface area contributed by atoms with Gasteiger partial charge in [0.05, 0.1) is 5.41 Å². The maximum absolute atomic E-state index is 12.5. The number of hydrogen-bond acceptors (Lipinski definition) is 4. The Morgan fingerprint density at radius 1 is 1.12 bits per heavy atom. The number of rotatable bonds is 5. The van der Waals surface area contributed by atoms with Crippen LogP contribution < -0.4 is 0 Å². The van der Waals surface area contributed by atoms with Gasteiger partial charge in [-0.3, -0.25) is 4.79 Å². The monoisotopic (exact) mass is 323 g/mol. The SMILES string of the molecule is Cc1nc2ccc(CC(C)(C)C(=O)OCc3ccccc3)cc2o1. The minimum atomic E-state index is -0.614. The lowest BCUT2D eigenvalue weighted by atomic mass is 9.86. The molecule has 0 aliphatic carbocycles. The van der Waals surface area contributed by atoms with Crippen LogP contribution in [0.25, 0.3) is 11.1 Å². The number of fused-ring (bicyclic) bond motifs is 1. The molecule has 3 rings (SSSR count). The Morgan fingerprint density at radius 3 is 2.62 bits per heavy atom. The normalized spacial score (nSPS) is 11.6. The van der Waals surface area contributed by atoms with Gasteiger partial charge in [0.1, 0.15) is 12.1 Å². The average molecular weight is 323 g/mol. The fraction of sp³-hybridized carbons (Fsp3) is 0.300. The Labute approximate surface area is 141 Å². The molecule has 0 spiro atoms. The molecule has 4 heteroatoms. The third-order valence-electron chi connectivity index (χ3n) is 3.97. The number of esters is 1. The van der Waals surface area contributed by atoms with Crippen molar-refractivity contribution >= 4 is 17.1 Å². The molecule has 4 nitrogen and oxygen atoms in total. The van der Waals surface area contributed by atoms with Gasteiger partial charge < -0.3 is 9.15 Å². The van der Waals surface area contributed by atoms with Gasteiger partial charge in [-0.05, 0) is 43.5 Å². The van der Waals surface area contributed by atoms with Crippen molar-refractivity contribution in [2.24, 2.45) is 5.41 Å². The molecule has 0 saturated carbocycles. The molecule has 124 valence electrons. The molecule has 0 amide bonds. The smallest absolute Gasteiger partial charge is 0.312 e. The lowest BCUT2D eigenvalue weighted by Gasteiger charge is -2.22. The van der Waals surface area contributed by atoms with E-state index in [2.05, 4.69) is 4.98 Å². The molecule has 1 heterocycles. The van der Waals surface area contributed by atoms with Crippen LogP contribution in [0.3, 0.4) is 0 Å². The second-order valence-corrected chi connectivity index (χ2v) is 6.66. The first-order valence-corrected chi connectivity index (χ1v) is 8.01. The van der Waals surface area contributed by atoms with Crippen molar-refractivity contribution in [3.8, 4) is 0 Å². The van der Waals surface area contributed by atoms with Crippen LogP contribution in [0.2, 0.25) is 0 Å². The number of benzene rings is 2. The van der Waals surface area contributed by atoms with E-state index in [0.29, 0.717) is 18.9 Å². The van der Waals surface area contributed by atoms with E-state index in [1.165, 1.54) is 0 Å². The fourth-order valence-corrected chi connectivity index (χ4v) is 2.70. The molecule has 0 saturated heterocycles. The molecule has 0 unspecified atom stereocenters. The summed E-state index contributed by atoms with van der Waals surface area (Å²) in [5.74, 6) is 0.434. The molecule has 0 bridgehead atoms. The van der Waals surface area contributed by atoms with Gasteiger partial charge in [-0.15, -0.1) is 0 Å². The molecule has 3 aromatic rings. The Hall–Kier alpha value is -2.62. The quantitative estimate of drug-likeness (QED) is 0.651. The van der Waals surface area contributed by atoms with Crippen molar-refractivity contribution < 1.29 is 13.9 Å². The number of hydrogen-bond donors (Lipinski definition) is 0. The third-order valence-corrected chi connectivity index (χ3v) is 3.97. The topological polar surface area (TPSA) is 52.3 Å². The highest BCUT2D eigenvalue weighted by Gasteiger charge is 2.30. The first-order chi connectivity index (χ1) is 11.4. The molecular weight excluding hydrogens is 302 g/mol. The van der Waals surface area contributed by atoms with Crippen LogP contribution in [0, 0.1) is 12.3 Å². The molecule has 2 aromatic carbocycles. The maximum Gasteiger partial charge on any atom is 0.312 e. The van der Waals surface area contributed by atoms with Crippen LogP contribution in [0.15, 0.2) is 52.9 Å². The summed E-state index contributed by atoms with van der Waals surface area (Å²) >= 11 is 0. The lowest BCUT2D eigenvalue weighted by Crippen LogP contribution is -2.28. The van der Waals surface area contributed by atoms with Crippen LogP contribution >= 0.6 is 0 Å². The van der Waals surface area contributed by atoms with E-state index in [-0.39, 0.29) is 5.97 Å². The van der Waals surface area contributed by atoms with Gasteiger partial charge in [-0.1, -0.05) is 36.4 Å². The van der Waals surface area contributed by atoms with Crippen LogP contribution in [0.5, 0.6) is 0 Å². The molecule has 24 heavy (non-hydrogen) atoms. The number of aromatic nitrogens is 1. The molecule has 0 atom stereocenters. The molecule has 0 aliphatic heterocycles. The minimum absolute atomic E-state index is 0.208. The summed E-state index contributed by atoms with van der Waals surface area (Å²) in [6.07, 6.45) is 0.580. The Kier molecular flexibility index (Phi) is 4.38. The highest BCUT2D eigenvalue weighted by atomic mass is 16.5. The molecule has 1 aromatic heterocycles. The van der Waals surface area contributed by atoms with Gasteiger partial charge in [0.25, 0.3) is 0 Å². The van der Waals surface area contributed by atoms with Crippen molar-refractivity contribution in [3.05, 3.63) is 65.5 Å². The summed E-state index contributed by atoms with van der Waals surface area (Å²) in [5.41, 5.74) is 2.98. The summed E-state index contributed by atoms with van der Waals surface area (Å²) in [4.78, 5) is 16.7. The summed E-state index contributed by atoms with van der Waals surface area (Å²) in [6.45, 7) is 5.92. The average Bonchev–Trinajstić information content (AvgIpc) is 2.92. The highest BCUT2D eigenvalue weighted by Crippen LogP contribution is 2.26. The first kappa shape index (κ1) is 16.2. The van der Waals surface area contributed by atoms with E-state index in [0.717, 1.165) is 22.2 Å². The lowest BCUT2D eigenvalue weighted by molar-refractivity contribution is -0.155. The molecule has 0 fully saturated rings. The number of carbonyl (C=O) groups is 1. The largest absolute Gasteiger partial charge is 0.460 e. The summed E-state index contributed by atoms with van der Waals surface area (Å²) < 4.78 is 11.0. The Bertz CT molecular complexity index is 850. The summed E-state index contributed by atoms with van der Waals surface area (Å²) in [7, 11) is 0. The van der Waals surface area contributed by atoms with E-state index in [9.17, 15) is 4.79 Å². The van der Waals surface area contributed by atoms with Crippen molar-refractivity contribution in [1.82, 2.24) is 4.98 Å². The summed E-state index contributed by atoms with van der Waals surface area (Å²) in [5, 5.41) is 0. The standard InChI is InChI=1S/C20H21NO3/c1-14-21-17-10-9-16(11-18(17)24-14)12-20(2,3)19(22)23-13-15-7-5-4-6-8-15/h4-11H,12-13H2,1-3H3. The van der Waals surface area contributed by atoms with E-state index < -0.39 is 5.41 Å². The van der Waals surface area contributed by atoms with Gasteiger partial charge in [0.2, 0.25) is 0 Å². The molecule has 0 aliphatic rings.